The van der Waals surface area contributed by atoms with E-state index < -0.39 is 17.8 Å². The molecule has 2 aromatic rings. The fourth-order valence-corrected chi connectivity index (χ4v) is 1.80. The second kappa shape index (κ2) is 6.83. The van der Waals surface area contributed by atoms with Gasteiger partial charge in [0, 0.05) is 12.2 Å². The number of carbonyl (C=O) groups excluding carboxylic acids is 1. The predicted molar refractivity (Wildman–Crippen MR) is 78.5 cm³/mol. The van der Waals surface area contributed by atoms with Crippen LogP contribution in [-0.4, -0.2) is 6.03 Å². The first-order chi connectivity index (χ1) is 10.9. The van der Waals surface area contributed by atoms with Crippen molar-refractivity contribution < 1.29 is 18.0 Å². The first-order valence-corrected chi connectivity index (χ1v) is 6.59. The Morgan fingerprint density at radius 1 is 1.04 bits per heavy atom. The molecule has 2 aromatic carbocycles. The summed E-state index contributed by atoms with van der Waals surface area (Å²) >= 11 is 0. The number of anilines is 1. The molecule has 0 fully saturated rings. The van der Waals surface area contributed by atoms with Crippen LogP contribution in [0.3, 0.4) is 0 Å². The van der Waals surface area contributed by atoms with Gasteiger partial charge in [0.15, 0.2) is 0 Å². The monoisotopic (exact) mass is 319 g/mol. The zero-order valence-corrected chi connectivity index (χ0v) is 11.8. The van der Waals surface area contributed by atoms with Crippen LogP contribution in [0.2, 0.25) is 0 Å². The average Bonchev–Trinajstić information content (AvgIpc) is 2.53. The summed E-state index contributed by atoms with van der Waals surface area (Å²) in [6.07, 6.45) is -4.38. The Labute approximate surface area is 130 Å². The van der Waals surface area contributed by atoms with Gasteiger partial charge in [0.25, 0.3) is 0 Å². The SMILES string of the molecule is N#Cc1ccc(NC(=O)NCc2ccc(C(F)(F)F)cc2)cc1. The minimum atomic E-state index is -4.38. The van der Waals surface area contributed by atoms with Gasteiger partial charge in [-0.1, -0.05) is 12.1 Å². The molecule has 2 rings (SSSR count). The molecule has 0 unspecified atom stereocenters. The second-order valence-electron chi connectivity index (χ2n) is 4.69. The summed E-state index contributed by atoms with van der Waals surface area (Å²) in [4.78, 5) is 11.7. The Morgan fingerprint density at radius 2 is 1.65 bits per heavy atom. The number of halogens is 3. The molecule has 4 nitrogen and oxygen atoms in total. The van der Waals surface area contributed by atoms with Gasteiger partial charge in [0.05, 0.1) is 17.2 Å². The lowest BCUT2D eigenvalue weighted by Crippen LogP contribution is -2.28. The summed E-state index contributed by atoms with van der Waals surface area (Å²) in [5, 5.41) is 13.8. The molecule has 2 amide bonds. The summed E-state index contributed by atoms with van der Waals surface area (Å²) < 4.78 is 37.3. The fourth-order valence-electron chi connectivity index (χ4n) is 1.80. The highest BCUT2D eigenvalue weighted by Crippen LogP contribution is 2.29. The zero-order chi connectivity index (χ0) is 16.9. The molecular weight excluding hydrogens is 307 g/mol. The van der Waals surface area contributed by atoms with E-state index in [0.29, 0.717) is 16.8 Å². The van der Waals surface area contributed by atoms with Crippen molar-refractivity contribution in [3.8, 4) is 6.07 Å². The third kappa shape index (κ3) is 4.74. The van der Waals surface area contributed by atoms with E-state index in [4.69, 9.17) is 5.26 Å². The Kier molecular flexibility index (Phi) is 4.86. The van der Waals surface area contributed by atoms with E-state index in [1.807, 2.05) is 6.07 Å². The molecular formula is C16H12F3N3O. The molecule has 23 heavy (non-hydrogen) atoms. The van der Waals surface area contributed by atoms with Crippen LogP contribution in [0.15, 0.2) is 48.5 Å². The molecule has 7 heteroatoms. The molecule has 0 spiro atoms. The number of hydrogen-bond acceptors (Lipinski definition) is 2. The summed E-state index contributed by atoms with van der Waals surface area (Å²) in [7, 11) is 0. The fraction of sp³-hybridized carbons (Fsp3) is 0.125. The molecule has 0 heterocycles. The van der Waals surface area contributed by atoms with E-state index in [2.05, 4.69) is 10.6 Å². The molecule has 0 bridgehead atoms. The highest BCUT2D eigenvalue weighted by Gasteiger charge is 2.29. The van der Waals surface area contributed by atoms with Gasteiger partial charge in [0.1, 0.15) is 0 Å². The summed E-state index contributed by atoms with van der Waals surface area (Å²) in [5.41, 5.74) is 0.797. The second-order valence-corrected chi connectivity index (χ2v) is 4.69. The number of rotatable bonds is 3. The lowest BCUT2D eigenvalue weighted by Gasteiger charge is -2.09. The first-order valence-electron chi connectivity index (χ1n) is 6.59. The van der Waals surface area contributed by atoms with Crippen LogP contribution in [0.5, 0.6) is 0 Å². The maximum atomic E-state index is 12.4. The van der Waals surface area contributed by atoms with Crippen LogP contribution in [-0.2, 0) is 12.7 Å². The number of hydrogen-bond donors (Lipinski definition) is 2. The number of benzene rings is 2. The maximum Gasteiger partial charge on any atom is 0.416 e. The average molecular weight is 319 g/mol. The van der Waals surface area contributed by atoms with Crippen molar-refractivity contribution in [2.24, 2.45) is 0 Å². The van der Waals surface area contributed by atoms with Crippen LogP contribution in [0.1, 0.15) is 16.7 Å². The topological polar surface area (TPSA) is 64.9 Å². The minimum Gasteiger partial charge on any atom is -0.334 e. The predicted octanol–water partition coefficient (Wildman–Crippen LogP) is 3.90. The smallest absolute Gasteiger partial charge is 0.334 e. The van der Waals surface area contributed by atoms with Gasteiger partial charge in [-0.15, -0.1) is 0 Å². The van der Waals surface area contributed by atoms with Crippen LogP contribution >= 0.6 is 0 Å². The molecule has 0 saturated carbocycles. The molecule has 0 aliphatic heterocycles. The van der Waals surface area contributed by atoms with E-state index in [1.54, 1.807) is 24.3 Å². The van der Waals surface area contributed by atoms with Gasteiger partial charge >= 0.3 is 12.2 Å². The van der Waals surface area contributed by atoms with Gasteiger partial charge in [-0.25, -0.2) is 4.79 Å². The Balaban J connectivity index is 1.87. The zero-order valence-electron chi connectivity index (χ0n) is 11.8. The lowest BCUT2D eigenvalue weighted by molar-refractivity contribution is -0.137. The van der Waals surface area contributed by atoms with Crippen molar-refractivity contribution >= 4 is 11.7 Å². The van der Waals surface area contributed by atoms with E-state index in [9.17, 15) is 18.0 Å². The number of nitriles is 1. The van der Waals surface area contributed by atoms with Crippen molar-refractivity contribution in [1.29, 1.82) is 5.26 Å². The Bertz CT molecular complexity index is 716. The van der Waals surface area contributed by atoms with Crippen LogP contribution < -0.4 is 10.6 Å². The van der Waals surface area contributed by atoms with E-state index in [1.165, 1.54) is 12.1 Å². The minimum absolute atomic E-state index is 0.0975. The van der Waals surface area contributed by atoms with Gasteiger partial charge in [-0.3, -0.25) is 0 Å². The van der Waals surface area contributed by atoms with Crippen LogP contribution in [0, 0.1) is 11.3 Å². The van der Waals surface area contributed by atoms with E-state index >= 15 is 0 Å². The van der Waals surface area contributed by atoms with Gasteiger partial charge in [-0.05, 0) is 42.0 Å². The quantitative estimate of drug-likeness (QED) is 0.901. The van der Waals surface area contributed by atoms with Crippen molar-refractivity contribution in [2.75, 3.05) is 5.32 Å². The maximum absolute atomic E-state index is 12.4. The van der Waals surface area contributed by atoms with Crippen molar-refractivity contribution in [3.05, 3.63) is 65.2 Å². The van der Waals surface area contributed by atoms with Crippen molar-refractivity contribution in [2.45, 2.75) is 12.7 Å². The third-order valence-electron chi connectivity index (χ3n) is 3.01. The summed E-state index contributed by atoms with van der Waals surface area (Å²) in [6, 6.07) is 12.3. The largest absolute Gasteiger partial charge is 0.416 e. The molecule has 0 aromatic heterocycles. The van der Waals surface area contributed by atoms with Crippen LogP contribution in [0.4, 0.5) is 23.7 Å². The highest BCUT2D eigenvalue weighted by atomic mass is 19.4. The molecule has 0 atom stereocenters. The Hall–Kier alpha value is -3.01. The van der Waals surface area contributed by atoms with E-state index in [0.717, 1.165) is 12.1 Å². The van der Waals surface area contributed by atoms with E-state index in [-0.39, 0.29) is 6.54 Å². The highest BCUT2D eigenvalue weighted by molar-refractivity contribution is 5.89. The number of alkyl halides is 3. The van der Waals surface area contributed by atoms with Crippen LogP contribution in [0.25, 0.3) is 0 Å². The van der Waals surface area contributed by atoms with Crippen molar-refractivity contribution in [1.82, 2.24) is 5.32 Å². The summed E-state index contributed by atoms with van der Waals surface area (Å²) in [5.74, 6) is 0. The third-order valence-corrected chi connectivity index (χ3v) is 3.01. The first kappa shape index (κ1) is 16.4. The number of nitrogens with one attached hydrogen (secondary N) is 2. The molecule has 0 saturated heterocycles. The van der Waals surface area contributed by atoms with Gasteiger partial charge < -0.3 is 10.6 Å². The molecule has 0 radical (unpaired) electrons. The van der Waals surface area contributed by atoms with Crippen molar-refractivity contribution in [3.63, 3.8) is 0 Å². The lowest BCUT2D eigenvalue weighted by atomic mass is 10.1. The molecule has 0 aliphatic carbocycles. The van der Waals surface area contributed by atoms with Gasteiger partial charge in [0.2, 0.25) is 0 Å². The Morgan fingerprint density at radius 3 is 2.17 bits per heavy atom. The standard InChI is InChI=1S/C16H12F3N3O/c17-16(18,19)13-5-1-12(2-6-13)10-21-15(23)22-14-7-3-11(9-20)4-8-14/h1-8H,10H2,(H2,21,22,23). The number of nitrogens with zero attached hydrogens (tertiary/aromatic N) is 1. The van der Waals surface area contributed by atoms with Gasteiger partial charge in [-0.2, -0.15) is 18.4 Å². The molecule has 118 valence electrons. The molecule has 0 aliphatic rings. The summed E-state index contributed by atoms with van der Waals surface area (Å²) in [6.45, 7) is 0.0975. The number of carbonyl (C=O) groups is 1. The normalized spacial score (nSPS) is 10.7. The number of urea groups is 1. The molecule has 2 N–H and O–H groups in total. The number of amides is 2.